The highest BCUT2D eigenvalue weighted by Gasteiger charge is 2.19. The molecule has 0 aliphatic carbocycles. The van der Waals surface area contributed by atoms with Gasteiger partial charge in [-0.25, -0.2) is 9.97 Å². The maximum absolute atomic E-state index is 11.9. The largest absolute Gasteiger partial charge is 0.436 e. The van der Waals surface area contributed by atoms with E-state index < -0.39 is 0 Å². The first-order chi connectivity index (χ1) is 15.7. The molecule has 0 bridgehead atoms. The Kier molecular flexibility index (Phi) is 6.18. The van der Waals surface area contributed by atoms with Crippen LogP contribution in [0.15, 0.2) is 53.3 Å². The molecule has 2 N–H and O–H groups in total. The molecule has 1 aromatic carbocycles. The maximum atomic E-state index is 11.9. The lowest BCUT2D eigenvalue weighted by Gasteiger charge is -2.22. The van der Waals surface area contributed by atoms with E-state index in [2.05, 4.69) is 41.5 Å². The SMILES string of the molecule is CC(C)NC(=O)CCn1cc(-c2cnc(NC(C)(C)C)c(-c3nc4ccccc4o3)c2)cn1. The molecule has 0 spiro atoms. The van der Waals surface area contributed by atoms with E-state index in [1.165, 1.54) is 0 Å². The van der Waals surface area contributed by atoms with Gasteiger partial charge in [0.05, 0.1) is 11.8 Å². The number of para-hydroxylation sites is 2. The fourth-order valence-corrected chi connectivity index (χ4v) is 3.47. The Morgan fingerprint density at radius 3 is 2.67 bits per heavy atom. The van der Waals surface area contributed by atoms with Crippen LogP contribution in [0.1, 0.15) is 41.0 Å². The van der Waals surface area contributed by atoms with Crippen LogP contribution in [0, 0.1) is 0 Å². The maximum Gasteiger partial charge on any atom is 0.231 e. The molecular weight excluding hydrogens is 416 g/mol. The molecule has 4 aromatic rings. The second-order valence-electron chi connectivity index (χ2n) is 9.45. The van der Waals surface area contributed by atoms with Crippen LogP contribution in [0.25, 0.3) is 33.7 Å². The number of benzene rings is 1. The van der Waals surface area contributed by atoms with Gasteiger partial charge in [-0.05, 0) is 52.8 Å². The normalized spacial score (nSPS) is 11.8. The van der Waals surface area contributed by atoms with Gasteiger partial charge in [0.25, 0.3) is 0 Å². The summed E-state index contributed by atoms with van der Waals surface area (Å²) in [6, 6.07) is 9.83. The number of pyridine rings is 1. The van der Waals surface area contributed by atoms with Crippen LogP contribution in [0.5, 0.6) is 0 Å². The summed E-state index contributed by atoms with van der Waals surface area (Å²) in [6.07, 6.45) is 5.89. The highest BCUT2D eigenvalue weighted by Crippen LogP contribution is 2.33. The van der Waals surface area contributed by atoms with Gasteiger partial charge < -0.3 is 15.1 Å². The van der Waals surface area contributed by atoms with Crippen LogP contribution in [-0.2, 0) is 11.3 Å². The number of nitrogens with one attached hydrogen (secondary N) is 2. The fourth-order valence-electron chi connectivity index (χ4n) is 3.47. The molecule has 0 saturated heterocycles. The van der Waals surface area contributed by atoms with Crippen LogP contribution in [0.3, 0.4) is 0 Å². The lowest BCUT2D eigenvalue weighted by Crippen LogP contribution is -2.30. The zero-order valence-corrected chi connectivity index (χ0v) is 19.7. The van der Waals surface area contributed by atoms with Crippen LogP contribution in [0.4, 0.5) is 5.82 Å². The van der Waals surface area contributed by atoms with Crippen LogP contribution in [0.2, 0.25) is 0 Å². The summed E-state index contributed by atoms with van der Waals surface area (Å²) < 4.78 is 7.82. The molecular formula is C25H30N6O2. The number of carbonyl (C=O) groups is 1. The summed E-state index contributed by atoms with van der Waals surface area (Å²) >= 11 is 0. The van der Waals surface area contributed by atoms with Crippen molar-refractivity contribution in [2.24, 2.45) is 0 Å². The zero-order chi connectivity index (χ0) is 23.6. The number of carbonyl (C=O) groups excluding carboxylic acids is 1. The minimum atomic E-state index is -0.184. The van der Waals surface area contributed by atoms with Gasteiger partial charge in [0.1, 0.15) is 11.3 Å². The van der Waals surface area contributed by atoms with Crippen molar-refractivity contribution in [2.45, 2.75) is 59.2 Å². The molecule has 3 heterocycles. The lowest BCUT2D eigenvalue weighted by atomic mass is 10.1. The van der Waals surface area contributed by atoms with Gasteiger partial charge in [0.2, 0.25) is 11.8 Å². The van der Waals surface area contributed by atoms with Crippen molar-refractivity contribution in [3.8, 4) is 22.6 Å². The standard InChI is InChI=1S/C25H30N6O2/c1-16(2)28-22(32)10-11-31-15-18(14-27-31)17-12-19(23(26-13-17)30-25(3,4)5)24-29-20-8-6-7-9-21(20)33-24/h6-9,12-16H,10-11H2,1-5H3,(H,26,30)(H,28,32). The van der Waals surface area contributed by atoms with Crippen molar-refractivity contribution in [3.05, 3.63) is 48.9 Å². The summed E-state index contributed by atoms with van der Waals surface area (Å²) in [4.78, 5) is 21.3. The van der Waals surface area contributed by atoms with E-state index in [1.54, 1.807) is 10.9 Å². The number of fused-ring (bicyclic) bond motifs is 1. The Hall–Kier alpha value is -3.68. The molecule has 0 fully saturated rings. The number of aromatic nitrogens is 4. The van der Waals surface area contributed by atoms with Gasteiger partial charge in [0.15, 0.2) is 5.58 Å². The van der Waals surface area contributed by atoms with Gasteiger partial charge in [-0.2, -0.15) is 5.10 Å². The van der Waals surface area contributed by atoms with E-state index in [0.29, 0.717) is 24.7 Å². The lowest BCUT2D eigenvalue weighted by molar-refractivity contribution is -0.121. The second kappa shape index (κ2) is 9.05. The van der Waals surface area contributed by atoms with Crippen LogP contribution < -0.4 is 10.6 Å². The Labute approximate surface area is 193 Å². The second-order valence-corrected chi connectivity index (χ2v) is 9.45. The van der Waals surface area contributed by atoms with Gasteiger partial charge in [0, 0.05) is 48.1 Å². The van der Waals surface area contributed by atoms with E-state index in [0.717, 1.165) is 27.8 Å². The molecule has 0 atom stereocenters. The van der Waals surface area contributed by atoms with Gasteiger partial charge >= 0.3 is 0 Å². The molecule has 4 rings (SSSR count). The molecule has 0 aliphatic heterocycles. The minimum Gasteiger partial charge on any atom is -0.436 e. The molecule has 0 radical (unpaired) electrons. The monoisotopic (exact) mass is 446 g/mol. The van der Waals surface area contributed by atoms with Gasteiger partial charge in [-0.1, -0.05) is 12.1 Å². The van der Waals surface area contributed by atoms with Crippen molar-refractivity contribution in [1.29, 1.82) is 0 Å². The van der Waals surface area contributed by atoms with Gasteiger partial charge in [-0.15, -0.1) is 0 Å². The number of hydrogen-bond donors (Lipinski definition) is 2. The third-order valence-corrected chi connectivity index (χ3v) is 4.89. The number of oxazole rings is 1. The highest BCUT2D eigenvalue weighted by atomic mass is 16.3. The molecule has 0 saturated carbocycles. The Bertz CT molecular complexity index is 1230. The van der Waals surface area contributed by atoms with E-state index in [1.807, 2.05) is 56.6 Å². The third kappa shape index (κ3) is 5.58. The Morgan fingerprint density at radius 1 is 1.15 bits per heavy atom. The average molecular weight is 447 g/mol. The van der Waals surface area contributed by atoms with E-state index >= 15 is 0 Å². The molecule has 8 heteroatoms. The number of nitrogens with zero attached hydrogens (tertiary/aromatic N) is 4. The number of aryl methyl sites for hydroxylation is 1. The predicted octanol–water partition coefficient (Wildman–Crippen LogP) is 4.88. The highest BCUT2D eigenvalue weighted by molar-refractivity contribution is 5.81. The fraction of sp³-hybridized carbons (Fsp3) is 0.360. The van der Waals surface area contributed by atoms with E-state index in [4.69, 9.17) is 9.40 Å². The molecule has 33 heavy (non-hydrogen) atoms. The Balaban J connectivity index is 1.64. The van der Waals surface area contributed by atoms with Crippen molar-refractivity contribution >= 4 is 22.8 Å². The number of hydrogen-bond acceptors (Lipinski definition) is 6. The van der Waals surface area contributed by atoms with Crippen LogP contribution >= 0.6 is 0 Å². The molecule has 172 valence electrons. The molecule has 0 aliphatic rings. The molecule has 3 aromatic heterocycles. The van der Waals surface area contributed by atoms with Crippen molar-refractivity contribution in [1.82, 2.24) is 25.1 Å². The predicted molar refractivity (Wildman–Crippen MR) is 130 cm³/mol. The summed E-state index contributed by atoms with van der Waals surface area (Å²) in [7, 11) is 0. The topological polar surface area (TPSA) is 97.9 Å². The number of anilines is 1. The summed E-state index contributed by atoms with van der Waals surface area (Å²) in [5, 5.41) is 10.8. The zero-order valence-electron chi connectivity index (χ0n) is 19.7. The smallest absolute Gasteiger partial charge is 0.231 e. The van der Waals surface area contributed by atoms with Crippen molar-refractivity contribution in [3.63, 3.8) is 0 Å². The summed E-state index contributed by atoms with van der Waals surface area (Å²) in [5.41, 5.74) is 3.93. The minimum absolute atomic E-state index is 0.0135. The Morgan fingerprint density at radius 2 is 1.94 bits per heavy atom. The first-order valence-electron chi connectivity index (χ1n) is 11.1. The number of rotatable bonds is 7. The van der Waals surface area contributed by atoms with Gasteiger partial charge in [-0.3, -0.25) is 9.48 Å². The number of amides is 1. The van der Waals surface area contributed by atoms with E-state index in [-0.39, 0.29) is 17.5 Å². The third-order valence-electron chi connectivity index (χ3n) is 4.89. The quantitative estimate of drug-likeness (QED) is 0.420. The molecule has 1 amide bonds. The molecule has 8 nitrogen and oxygen atoms in total. The van der Waals surface area contributed by atoms with Crippen molar-refractivity contribution in [2.75, 3.05) is 5.32 Å². The first-order valence-corrected chi connectivity index (χ1v) is 11.1. The summed E-state index contributed by atoms with van der Waals surface area (Å²) in [6.45, 7) is 10.6. The molecule has 0 unspecified atom stereocenters. The van der Waals surface area contributed by atoms with E-state index in [9.17, 15) is 4.79 Å². The summed E-state index contributed by atoms with van der Waals surface area (Å²) in [5.74, 6) is 1.23. The van der Waals surface area contributed by atoms with Crippen molar-refractivity contribution < 1.29 is 9.21 Å². The van der Waals surface area contributed by atoms with Crippen LogP contribution in [-0.4, -0.2) is 37.2 Å². The average Bonchev–Trinajstić information content (AvgIpc) is 3.38. The first kappa shape index (κ1) is 22.5.